The van der Waals surface area contributed by atoms with Crippen molar-refractivity contribution < 1.29 is 14.6 Å². The van der Waals surface area contributed by atoms with Gasteiger partial charge in [0.2, 0.25) is 5.88 Å². The molecule has 1 fully saturated rings. The van der Waals surface area contributed by atoms with Gasteiger partial charge in [-0.3, -0.25) is 9.78 Å². The lowest BCUT2D eigenvalue weighted by molar-refractivity contribution is 0.0320. The Balaban J connectivity index is 1.61. The number of amides is 1. The summed E-state index contributed by atoms with van der Waals surface area (Å²) in [5.74, 6) is 7.17. The average molecular weight is 477 g/mol. The predicted molar refractivity (Wildman–Crippen MR) is 135 cm³/mol. The van der Waals surface area contributed by atoms with Crippen LogP contribution in [-0.4, -0.2) is 76.2 Å². The second kappa shape index (κ2) is 11.7. The van der Waals surface area contributed by atoms with Crippen LogP contribution in [-0.2, 0) is 0 Å². The highest BCUT2D eigenvalue weighted by Crippen LogP contribution is 2.29. The molecule has 7 nitrogen and oxygen atoms in total. The van der Waals surface area contributed by atoms with Crippen molar-refractivity contribution in [3.05, 3.63) is 53.5 Å². The topological polar surface area (TPSA) is 78.8 Å². The fraction of sp³-hybridized carbons (Fsp3) is 0.536. The number of rotatable bonds is 6. The summed E-state index contributed by atoms with van der Waals surface area (Å²) >= 11 is 0. The molecule has 1 amide bonds. The van der Waals surface area contributed by atoms with E-state index in [0.717, 1.165) is 24.6 Å². The highest BCUT2D eigenvalue weighted by Gasteiger charge is 2.34. The van der Waals surface area contributed by atoms with Crippen LogP contribution < -0.4 is 4.74 Å². The standard InChI is InChI=1S/C28H36N4O3/c1-20-16-32(21(2)19-33)28(34)25-14-24(9-8-22-10-12-29-13-11-22)15-30-27(25)35-26(20)18-31(3)17-23-6-4-5-7-23/h10-15,20-21,23,26,33H,4-7,16-19H2,1-3H3/t20-,21-,26-/m1/s1. The van der Waals surface area contributed by atoms with Crippen LogP contribution in [0, 0.1) is 23.7 Å². The van der Waals surface area contributed by atoms with Crippen LogP contribution in [0.2, 0.25) is 0 Å². The maximum absolute atomic E-state index is 13.5. The number of carbonyl (C=O) groups is 1. The number of nitrogens with zero attached hydrogens (tertiary/aromatic N) is 4. The van der Waals surface area contributed by atoms with Crippen molar-refractivity contribution in [1.82, 2.24) is 19.8 Å². The zero-order chi connectivity index (χ0) is 24.8. The first-order valence-electron chi connectivity index (χ1n) is 12.6. The molecule has 1 saturated carbocycles. The van der Waals surface area contributed by atoms with E-state index in [-0.39, 0.29) is 30.6 Å². The van der Waals surface area contributed by atoms with Gasteiger partial charge < -0.3 is 19.6 Å². The highest BCUT2D eigenvalue weighted by atomic mass is 16.5. The number of aromatic nitrogens is 2. The second-order valence-electron chi connectivity index (χ2n) is 10.1. The van der Waals surface area contributed by atoms with Gasteiger partial charge in [-0.25, -0.2) is 4.98 Å². The number of carbonyl (C=O) groups excluding carboxylic acids is 1. The van der Waals surface area contributed by atoms with E-state index in [1.807, 2.05) is 19.1 Å². The van der Waals surface area contributed by atoms with Crippen LogP contribution in [0.15, 0.2) is 36.8 Å². The van der Waals surface area contributed by atoms with Crippen molar-refractivity contribution in [2.24, 2.45) is 11.8 Å². The fourth-order valence-electron chi connectivity index (χ4n) is 4.98. The highest BCUT2D eigenvalue weighted by molar-refractivity contribution is 5.97. The van der Waals surface area contributed by atoms with Gasteiger partial charge in [0.15, 0.2) is 0 Å². The van der Waals surface area contributed by atoms with Crippen molar-refractivity contribution in [2.75, 3.05) is 33.3 Å². The molecule has 186 valence electrons. The van der Waals surface area contributed by atoms with Crippen molar-refractivity contribution in [2.45, 2.75) is 51.7 Å². The number of pyridine rings is 2. The molecule has 0 saturated heterocycles. The lowest BCUT2D eigenvalue weighted by Gasteiger charge is -2.38. The molecule has 35 heavy (non-hydrogen) atoms. The molecule has 0 bridgehead atoms. The van der Waals surface area contributed by atoms with Crippen LogP contribution in [0.25, 0.3) is 0 Å². The molecule has 0 radical (unpaired) electrons. The number of hydrogen-bond acceptors (Lipinski definition) is 6. The molecule has 4 rings (SSSR count). The molecular formula is C28H36N4O3. The first-order chi connectivity index (χ1) is 16.9. The molecule has 2 aromatic heterocycles. The summed E-state index contributed by atoms with van der Waals surface area (Å²) in [5, 5.41) is 9.86. The van der Waals surface area contributed by atoms with Gasteiger partial charge in [-0.2, -0.15) is 0 Å². The molecule has 7 heteroatoms. The number of aliphatic hydroxyl groups excluding tert-OH is 1. The van der Waals surface area contributed by atoms with E-state index in [9.17, 15) is 9.90 Å². The van der Waals surface area contributed by atoms with E-state index in [2.05, 4.69) is 40.7 Å². The lowest BCUT2D eigenvalue weighted by atomic mass is 9.99. The number of likely N-dealkylation sites (N-methyl/N-ethyl adjacent to an activating group) is 1. The van der Waals surface area contributed by atoms with Crippen LogP contribution in [0.3, 0.4) is 0 Å². The molecule has 3 atom stereocenters. The molecule has 1 N–H and O–H groups in total. The maximum Gasteiger partial charge on any atom is 0.259 e. The largest absolute Gasteiger partial charge is 0.472 e. The van der Waals surface area contributed by atoms with E-state index in [0.29, 0.717) is 23.6 Å². The summed E-state index contributed by atoms with van der Waals surface area (Å²) in [6, 6.07) is 5.12. The fourth-order valence-corrected chi connectivity index (χ4v) is 4.98. The zero-order valence-corrected chi connectivity index (χ0v) is 21.0. The Morgan fingerprint density at radius 1 is 1.20 bits per heavy atom. The Hall–Kier alpha value is -2.95. The quantitative estimate of drug-likeness (QED) is 0.645. The number of ether oxygens (including phenoxy) is 1. The van der Waals surface area contributed by atoms with Gasteiger partial charge in [-0.15, -0.1) is 0 Å². The lowest BCUT2D eigenvalue weighted by Crippen LogP contribution is -2.50. The summed E-state index contributed by atoms with van der Waals surface area (Å²) in [6.45, 7) is 6.21. The monoisotopic (exact) mass is 476 g/mol. The molecule has 0 spiro atoms. The Morgan fingerprint density at radius 2 is 1.91 bits per heavy atom. The Bertz CT molecular complexity index is 1060. The summed E-state index contributed by atoms with van der Waals surface area (Å²) < 4.78 is 6.42. The Labute approximate surface area is 208 Å². The number of hydrogen-bond donors (Lipinski definition) is 1. The van der Waals surface area contributed by atoms with Crippen molar-refractivity contribution in [3.8, 4) is 17.7 Å². The third-order valence-corrected chi connectivity index (χ3v) is 7.09. The van der Waals surface area contributed by atoms with Gasteiger partial charge in [-0.05, 0) is 50.9 Å². The van der Waals surface area contributed by atoms with Gasteiger partial charge in [-0.1, -0.05) is 31.6 Å². The van der Waals surface area contributed by atoms with E-state index < -0.39 is 0 Å². The minimum Gasteiger partial charge on any atom is -0.472 e. The minimum absolute atomic E-state index is 0.0834. The van der Waals surface area contributed by atoms with E-state index >= 15 is 0 Å². The van der Waals surface area contributed by atoms with Gasteiger partial charge in [0.05, 0.1) is 12.6 Å². The first-order valence-corrected chi connectivity index (χ1v) is 12.6. The van der Waals surface area contributed by atoms with Crippen LogP contribution in [0.4, 0.5) is 0 Å². The summed E-state index contributed by atoms with van der Waals surface area (Å²) in [7, 11) is 2.15. The first kappa shape index (κ1) is 25.2. The number of aliphatic hydroxyl groups is 1. The van der Waals surface area contributed by atoms with E-state index in [1.165, 1.54) is 25.7 Å². The maximum atomic E-state index is 13.5. The predicted octanol–water partition coefficient (Wildman–Crippen LogP) is 3.22. The third-order valence-electron chi connectivity index (χ3n) is 7.09. The van der Waals surface area contributed by atoms with Gasteiger partial charge in [0.1, 0.15) is 11.7 Å². The number of fused-ring (bicyclic) bond motifs is 1. The normalized spacial score (nSPS) is 21.5. The second-order valence-corrected chi connectivity index (χ2v) is 10.1. The van der Waals surface area contributed by atoms with E-state index in [1.54, 1.807) is 29.6 Å². The Morgan fingerprint density at radius 3 is 2.63 bits per heavy atom. The summed E-state index contributed by atoms with van der Waals surface area (Å²) in [5.41, 5.74) is 1.86. The molecule has 3 heterocycles. The third kappa shape index (κ3) is 6.39. The molecule has 2 aromatic rings. The van der Waals surface area contributed by atoms with Crippen LogP contribution >= 0.6 is 0 Å². The molecule has 0 aromatic carbocycles. The van der Waals surface area contributed by atoms with Crippen LogP contribution in [0.1, 0.15) is 61.0 Å². The minimum atomic E-state index is -0.306. The molecular weight excluding hydrogens is 440 g/mol. The summed E-state index contributed by atoms with van der Waals surface area (Å²) in [6.07, 6.45) is 10.2. The SMILES string of the molecule is C[C@@H]1CN([C@H](C)CO)C(=O)c2cc(C#Cc3ccncc3)cnc2O[C@@H]1CN(C)CC1CCCC1. The van der Waals surface area contributed by atoms with Gasteiger partial charge in [0.25, 0.3) is 5.91 Å². The van der Waals surface area contributed by atoms with Crippen molar-refractivity contribution in [1.29, 1.82) is 0 Å². The van der Waals surface area contributed by atoms with Gasteiger partial charge in [0, 0.05) is 55.3 Å². The molecule has 2 aliphatic rings. The average Bonchev–Trinajstić information content (AvgIpc) is 3.38. The zero-order valence-electron chi connectivity index (χ0n) is 21.0. The molecule has 0 unspecified atom stereocenters. The Kier molecular flexibility index (Phi) is 8.37. The smallest absolute Gasteiger partial charge is 0.259 e. The van der Waals surface area contributed by atoms with Gasteiger partial charge >= 0.3 is 0 Å². The van der Waals surface area contributed by atoms with Crippen molar-refractivity contribution in [3.63, 3.8) is 0 Å². The van der Waals surface area contributed by atoms with E-state index in [4.69, 9.17) is 4.74 Å². The summed E-state index contributed by atoms with van der Waals surface area (Å²) in [4.78, 5) is 26.2. The van der Waals surface area contributed by atoms with Crippen molar-refractivity contribution >= 4 is 5.91 Å². The molecule has 1 aliphatic carbocycles. The molecule has 1 aliphatic heterocycles. The van der Waals surface area contributed by atoms with Crippen LogP contribution in [0.5, 0.6) is 5.88 Å².